The Bertz CT molecular complexity index is 121. The summed E-state index contributed by atoms with van der Waals surface area (Å²) in [6, 6.07) is 0. The van der Waals surface area contributed by atoms with Crippen molar-refractivity contribution in [3.05, 3.63) is 0 Å². The molecule has 0 aromatic rings. The third-order valence-electron chi connectivity index (χ3n) is 1.07. The summed E-state index contributed by atoms with van der Waals surface area (Å²) in [5.74, 6) is -1.55. The molecule has 60 valence electrons. The van der Waals surface area contributed by atoms with Crippen molar-refractivity contribution in [2.24, 2.45) is 0 Å². The van der Waals surface area contributed by atoms with Crippen LogP contribution in [-0.2, 0) is 4.79 Å². The van der Waals surface area contributed by atoms with Gasteiger partial charge in [-0.15, -0.1) is 0 Å². The van der Waals surface area contributed by atoms with Gasteiger partial charge in [-0.2, -0.15) is 0 Å². The van der Waals surface area contributed by atoms with Crippen LogP contribution < -0.4 is 0 Å². The minimum atomic E-state index is -1.92. The highest BCUT2D eigenvalue weighted by Gasteiger charge is 2.26. The van der Waals surface area contributed by atoms with Gasteiger partial charge >= 0.3 is 5.97 Å². The number of hydrogen-bond acceptors (Lipinski definition) is 4. The smallest absolute Gasteiger partial charge is 0.335 e. The highest BCUT2D eigenvalue weighted by atomic mass is 16.4. The second-order valence-corrected chi connectivity index (χ2v) is 2.01. The van der Waals surface area contributed by atoms with E-state index >= 15 is 0 Å². The van der Waals surface area contributed by atoms with Crippen molar-refractivity contribution in [3.63, 3.8) is 0 Å². The van der Waals surface area contributed by atoms with Crippen molar-refractivity contribution in [3.8, 4) is 0 Å². The molecule has 10 heavy (non-hydrogen) atoms. The number of aliphatic carboxylic acids is 1. The van der Waals surface area contributed by atoms with Crippen LogP contribution in [0, 0.1) is 0 Å². The average molecular weight is 150 g/mol. The quantitative estimate of drug-likeness (QED) is 0.379. The SMILES string of the molecule is CC(O)C(O)C(O)C(=O)O. The van der Waals surface area contributed by atoms with Gasteiger partial charge in [0.1, 0.15) is 6.10 Å². The van der Waals surface area contributed by atoms with Crippen molar-refractivity contribution in [2.75, 3.05) is 0 Å². The Balaban J connectivity index is 3.94. The maximum absolute atomic E-state index is 9.92. The second-order valence-electron chi connectivity index (χ2n) is 2.01. The Kier molecular flexibility index (Phi) is 3.27. The number of hydrogen-bond donors (Lipinski definition) is 4. The lowest BCUT2D eigenvalue weighted by molar-refractivity contribution is -0.157. The standard InChI is InChI=1S/C5H10O5/c1-2(6)3(7)4(8)5(9)10/h2-4,6-8H,1H3,(H,9,10). The van der Waals surface area contributed by atoms with Crippen LogP contribution in [0.3, 0.4) is 0 Å². The van der Waals surface area contributed by atoms with Crippen LogP contribution in [0.15, 0.2) is 0 Å². The molecule has 0 aliphatic carbocycles. The van der Waals surface area contributed by atoms with Crippen LogP contribution in [-0.4, -0.2) is 44.7 Å². The Morgan fingerprint density at radius 1 is 1.30 bits per heavy atom. The molecule has 5 nitrogen and oxygen atoms in total. The van der Waals surface area contributed by atoms with E-state index in [2.05, 4.69) is 0 Å². The molecule has 0 bridgehead atoms. The minimum absolute atomic E-state index is 1.19. The van der Waals surface area contributed by atoms with E-state index in [1.54, 1.807) is 0 Å². The van der Waals surface area contributed by atoms with E-state index in [1.165, 1.54) is 6.92 Å². The third-order valence-corrected chi connectivity index (χ3v) is 1.07. The van der Waals surface area contributed by atoms with Gasteiger partial charge in [-0.3, -0.25) is 0 Å². The molecule has 5 heteroatoms. The van der Waals surface area contributed by atoms with E-state index in [-0.39, 0.29) is 0 Å². The maximum atomic E-state index is 9.92. The molecule has 3 unspecified atom stereocenters. The van der Waals surface area contributed by atoms with Gasteiger partial charge in [-0.05, 0) is 6.92 Å². The predicted octanol–water partition coefficient (Wildman–Crippen LogP) is -1.83. The van der Waals surface area contributed by atoms with Crippen LogP contribution in [0.5, 0.6) is 0 Å². The van der Waals surface area contributed by atoms with Gasteiger partial charge in [-0.25, -0.2) is 4.79 Å². The Morgan fingerprint density at radius 3 is 1.80 bits per heavy atom. The average Bonchev–Trinajstić information content (AvgIpc) is 1.84. The van der Waals surface area contributed by atoms with E-state index in [0.29, 0.717) is 0 Å². The molecule has 0 heterocycles. The number of aliphatic hydroxyl groups excluding tert-OH is 3. The molecule has 3 atom stereocenters. The molecule has 0 aromatic carbocycles. The highest BCUT2D eigenvalue weighted by Crippen LogP contribution is 1.98. The first-order valence-electron chi connectivity index (χ1n) is 2.74. The summed E-state index contributed by atoms with van der Waals surface area (Å²) in [5.41, 5.74) is 0. The summed E-state index contributed by atoms with van der Waals surface area (Å²) in [6.45, 7) is 1.19. The number of carboxylic acid groups (broad SMARTS) is 1. The summed E-state index contributed by atoms with van der Waals surface area (Å²) in [4.78, 5) is 9.92. The summed E-state index contributed by atoms with van der Waals surface area (Å²) < 4.78 is 0. The molecule has 0 saturated carbocycles. The summed E-state index contributed by atoms with van der Waals surface area (Å²) in [7, 11) is 0. The molecule has 4 N–H and O–H groups in total. The molecule has 0 fully saturated rings. The molecular weight excluding hydrogens is 140 g/mol. The molecule has 0 amide bonds. The topological polar surface area (TPSA) is 98.0 Å². The van der Waals surface area contributed by atoms with Gasteiger partial charge in [0.2, 0.25) is 0 Å². The number of rotatable bonds is 3. The monoisotopic (exact) mass is 150 g/mol. The first-order valence-corrected chi connectivity index (χ1v) is 2.74. The van der Waals surface area contributed by atoms with E-state index in [0.717, 1.165) is 0 Å². The summed E-state index contributed by atoms with van der Waals surface area (Å²) in [6.07, 6.45) is -4.79. The van der Waals surface area contributed by atoms with Crippen molar-refractivity contribution in [1.82, 2.24) is 0 Å². The van der Waals surface area contributed by atoms with Gasteiger partial charge in [0.05, 0.1) is 6.10 Å². The van der Waals surface area contributed by atoms with E-state index in [1.807, 2.05) is 0 Å². The first-order chi connectivity index (χ1) is 4.46. The zero-order chi connectivity index (χ0) is 8.31. The Hall–Kier alpha value is -0.650. The number of aliphatic hydroxyl groups is 3. The van der Waals surface area contributed by atoms with E-state index in [4.69, 9.17) is 20.4 Å². The minimum Gasteiger partial charge on any atom is -0.479 e. The van der Waals surface area contributed by atoms with E-state index < -0.39 is 24.3 Å². The first kappa shape index (κ1) is 9.35. The summed E-state index contributed by atoms with van der Waals surface area (Å²) in [5, 5.41) is 33.9. The van der Waals surface area contributed by atoms with E-state index in [9.17, 15) is 4.79 Å². The Morgan fingerprint density at radius 2 is 1.70 bits per heavy atom. The van der Waals surface area contributed by atoms with Crippen molar-refractivity contribution in [2.45, 2.75) is 25.2 Å². The zero-order valence-electron chi connectivity index (χ0n) is 5.43. The maximum Gasteiger partial charge on any atom is 0.335 e. The molecule has 0 saturated heterocycles. The van der Waals surface area contributed by atoms with Crippen molar-refractivity contribution in [1.29, 1.82) is 0 Å². The number of carboxylic acids is 1. The normalized spacial score (nSPS) is 19.6. The molecule has 0 radical (unpaired) electrons. The van der Waals surface area contributed by atoms with Crippen LogP contribution in [0.2, 0.25) is 0 Å². The molecule has 0 aliphatic rings. The predicted molar refractivity (Wildman–Crippen MR) is 31.3 cm³/mol. The van der Waals surface area contributed by atoms with Crippen molar-refractivity contribution < 1.29 is 25.2 Å². The van der Waals surface area contributed by atoms with Gasteiger partial charge in [0, 0.05) is 0 Å². The highest BCUT2D eigenvalue weighted by molar-refractivity contribution is 5.72. The molecular formula is C5H10O5. The van der Waals surface area contributed by atoms with Gasteiger partial charge in [0.25, 0.3) is 0 Å². The molecule has 0 aliphatic heterocycles. The summed E-state index contributed by atoms with van der Waals surface area (Å²) >= 11 is 0. The van der Waals surface area contributed by atoms with Crippen LogP contribution >= 0.6 is 0 Å². The fourth-order valence-corrected chi connectivity index (χ4v) is 0.410. The zero-order valence-corrected chi connectivity index (χ0v) is 5.43. The van der Waals surface area contributed by atoms with Crippen LogP contribution in [0.25, 0.3) is 0 Å². The lowest BCUT2D eigenvalue weighted by Gasteiger charge is -2.15. The third kappa shape index (κ3) is 2.30. The molecule has 0 rings (SSSR count). The van der Waals surface area contributed by atoms with Crippen LogP contribution in [0.4, 0.5) is 0 Å². The van der Waals surface area contributed by atoms with Crippen LogP contribution in [0.1, 0.15) is 6.92 Å². The van der Waals surface area contributed by atoms with Gasteiger partial charge in [0.15, 0.2) is 6.10 Å². The molecule has 0 aromatic heterocycles. The largest absolute Gasteiger partial charge is 0.479 e. The van der Waals surface area contributed by atoms with Gasteiger partial charge in [-0.1, -0.05) is 0 Å². The lowest BCUT2D eigenvalue weighted by atomic mass is 10.1. The van der Waals surface area contributed by atoms with Gasteiger partial charge < -0.3 is 20.4 Å². The Labute approximate surface area is 57.5 Å². The fraction of sp³-hybridized carbons (Fsp3) is 0.800. The fourth-order valence-electron chi connectivity index (χ4n) is 0.410. The van der Waals surface area contributed by atoms with Crippen molar-refractivity contribution >= 4 is 5.97 Å². The lowest BCUT2D eigenvalue weighted by Crippen LogP contribution is -2.40. The number of carbonyl (C=O) groups is 1. The molecule has 0 spiro atoms. The second kappa shape index (κ2) is 3.50.